The molecule has 3 rings (SSSR count). The van der Waals surface area contributed by atoms with E-state index in [4.69, 9.17) is 4.74 Å². The van der Waals surface area contributed by atoms with E-state index in [9.17, 15) is 10.2 Å². The largest absolute Gasteiger partial charge is 0.340 e. The smallest absolute Gasteiger partial charge is 0.307 e. The minimum absolute atomic E-state index is 0.178. The molecule has 4 atom stereocenters. The summed E-state index contributed by atoms with van der Waals surface area (Å²) in [6.45, 7) is 8.25. The summed E-state index contributed by atoms with van der Waals surface area (Å²) in [5.74, 6) is -1.01. The highest BCUT2D eigenvalue weighted by Gasteiger charge is 2.38. The first-order valence-corrected chi connectivity index (χ1v) is 10.4. The second-order valence-electron chi connectivity index (χ2n) is 8.59. The van der Waals surface area contributed by atoms with Crippen molar-refractivity contribution in [2.75, 3.05) is 0 Å². The first-order chi connectivity index (χ1) is 12.8. The van der Waals surface area contributed by atoms with Crippen LogP contribution in [0.1, 0.15) is 58.8 Å². The van der Waals surface area contributed by atoms with Crippen LogP contribution in [0, 0.1) is 17.8 Å². The quantitative estimate of drug-likeness (QED) is 0.517. The lowest BCUT2D eigenvalue weighted by atomic mass is 9.78. The summed E-state index contributed by atoms with van der Waals surface area (Å²) in [5, 5.41) is 21.4. The van der Waals surface area contributed by atoms with Crippen molar-refractivity contribution in [3.05, 3.63) is 59.8 Å². The second kappa shape index (κ2) is 8.72. The van der Waals surface area contributed by atoms with E-state index in [2.05, 4.69) is 31.7 Å². The van der Waals surface area contributed by atoms with Gasteiger partial charge >= 0.3 is 5.97 Å². The summed E-state index contributed by atoms with van der Waals surface area (Å²) in [6.07, 6.45) is 19.3. The molecule has 0 aromatic carbocycles. The molecule has 0 radical (unpaired) electrons. The van der Waals surface area contributed by atoms with Gasteiger partial charge in [0.1, 0.15) is 0 Å². The highest BCUT2D eigenvalue weighted by Crippen LogP contribution is 2.37. The first-order valence-electron chi connectivity index (χ1n) is 10.4. The average molecular weight is 371 g/mol. The normalized spacial score (nSPS) is 33.2. The number of rotatable bonds is 5. The Labute approximate surface area is 163 Å². The van der Waals surface area contributed by atoms with E-state index in [1.165, 1.54) is 0 Å². The van der Waals surface area contributed by atoms with Gasteiger partial charge in [0.25, 0.3) is 0 Å². The number of allylic oxidation sites excluding steroid dienone is 7. The summed E-state index contributed by atoms with van der Waals surface area (Å²) in [6, 6.07) is 0. The fourth-order valence-electron chi connectivity index (χ4n) is 4.39. The van der Waals surface area contributed by atoms with Crippen LogP contribution in [0.5, 0.6) is 0 Å². The van der Waals surface area contributed by atoms with E-state index in [0.29, 0.717) is 23.3 Å². The Hall–Kier alpha value is -1.42. The van der Waals surface area contributed by atoms with E-state index < -0.39 is 5.97 Å². The van der Waals surface area contributed by atoms with Gasteiger partial charge in [0.05, 0.1) is 6.10 Å². The van der Waals surface area contributed by atoms with Crippen LogP contribution in [0.3, 0.4) is 0 Å². The maximum atomic E-state index is 10.7. The van der Waals surface area contributed by atoms with Crippen molar-refractivity contribution < 1.29 is 14.9 Å². The van der Waals surface area contributed by atoms with Crippen molar-refractivity contribution in [2.45, 2.75) is 70.9 Å². The Kier molecular flexibility index (Phi) is 6.56. The number of ether oxygens (including phenoxy) is 1. The molecule has 3 aliphatic rings. The molecule has 3 aliphatic carbocycles. The van der Waals surface area contributed by atoms with Gasteiger partial charge in [-0.3, -0.25) is 0 Å². The molecule has 3 heteroatoms. The van der Waals surface area contributed by atoms with Crippen molar-refractivity contribution in [3.8, 4) is 0 Å². The Bertz CT molecular complexity index is 665. The minimum atomic E-state index is -2.25. The van der Waals surface area contributed by atoms with Gasteiger partial charge in [0.2, 0.25) is 0 Å². The zero-order valence-corrected chi connectivity index (χ0v) is 16.7. The van der Waals surface area contributed by atoms with Crippen LogP contribution in [0.2, 0.25) is 0 Å². The van der Waals surface area contributed by atoms with E-state index in [0.717, 1.165) is 56.1 Å². The van der Waals surface area contributed by atoms with Gasteiger partial charge in [-0.25, -0.2) is 0 Å². The van der Waals surface area contributed by atoms with E-state index >= 15 is 0 Å². The predicted molar refractivity (Wildman–Crippen MR) is 110 cm³/mol. The average Bonchev–Trinajstić information content (AvgIpc) is 2.64. The number of hydrogen-bond acceptors (Lipinski definition) is 3. The predicted octanol–water partition coefficient (Wildman–Crippen LogP) is 5.19. The highest BCUT2D eigenvalue weighted by molar-refractivity contribution is 5.39. The lowest BCUT2D eigenvalue weighted by Crippen LogP contribution is -2.43. The van der Waals surface area contributed by atoms with Crippen LogP contribution < -0.4 is 0 Å². The molecule has 0 aromatic rings. The molecule has 0 aliphatic heterocycles. The number of aliphatic hydroxyl groups is 2. The highest BCUT2D eigenvalue weighted by atomic mass is 16.8. The molecule has 0 saturated heterocycles. The van der Waals surface area contributed by atoms with E-state index in [1.54, 1.807) is 6.08 Å². The zero-order chi connectivity index (χ0) is 19.4. The molecular formula is C24H34O3. The van der Waals surface area contributed by atoms with Gasteiger partial charge in [-0.2, -0.15) is 0 Å². The van der Waals surface area contributed by atoms with Gasteiger partial charge in [-0.1, -0.05) is 49.5 Å². The SMILES string of the molecule is C=C(C)C1CCC(C)C(OC(O)(O)C2=CC(=CC3CC=CCC3)CC=C2)C1. The fraction of sp³-hybridized carbons (Fsp3) is 0.583. The molecule has 27 heavy (non-hydrogen) atoms. The maximum Gasteiger partial charge on any atom is 0.307 e. The molecule has 1 fully saturated rings. The summed E-state index contributed by atoms with van der Waals surface area (Å²) in [4.78, 5) is 0. The molecule has 3 nitrogen and oxygen atoms in total. The first kappa shape index (κ1) is 20.3. The lowest BCUT2D eigenvalue weighted by Gasteiger charge is -2.38. The maximum absolute atomic E-state index is 10.7. The van der Waals surface area contributed by atoms with E-state index in [1.807, 2.05) is 19.1 Å². The minimum Gasteiger partial charge on any atom is -0.340 e. The third-order valence-electron chi connectivity index (χ3n) is 6.26. The van der Waals surface area contributed by atoms with Gasteiger partial charge in [0.15, 0.2) is 0 Å². The summed E-state index contributed by atoms with van der Waals surface area (Å²) < 4.78 is 5.86. The third kappa shape index (κ3) is 5.31. The number of hydrogen-bond donors (Lipinski definition) is 2. The van der Waals surface area contributed by atoms with Crippen LogP contribution in [0.15, 0.2) is 59.8 Å². The molecule has 2 N–H and O–H groups in total. The van der Waals surface area contributed by atoms with Crippen LogP contribution >= 0.6 is 0 Å². The van der Waals surface area contributed by atoms with Crippen LogP contribution in [0.4, 0.5) is 0 Å². The standard InChI is InChI=1S/C24H34O3/c1-17(2)21-13-12-18(3)23(16-21)27-24(25,26)22-11-7-10-20(15-22)14-19-8-5-4-6-9-19/h4-5,7,11,14-15,18-19,21,23,25-26H,1,6,8-10,12-13,16H2,2-3H3. The summed E-state index contributed by atoms with van der Waals surface area (Å²) >= 11 is 0. The monoisotopic (exact) mass is 370 g/mol. The Morgan fingerprint density at radius 2 is 2.04 bits per heavy atom. The molecule has 148 valence electrons. The van der Waals surface area contributed by atoms with Crippen LogP contribution in [0.25, 0.3) is 0 Å². The molecule has 1 saturated carbocycles. The molecule has 0 amide bonds. The lowest BCUT2D eigenvalue weighted by molar-refractivity contribution is -0.335. The van der Waals surface area contributed by atoms with Gasteiger partial charge in [0, 0.05) is 5.57 Å². The van der Waals surface area contributed by atoms with Crippen molar-refractivity contribution in [1.29, 1.82) is 0 Å². The Balaban J connectivity index is 1.70. The van der Waals surface area contributed by atoms with Crippen molar-refractivity contribution in [3.63, 3.8) is 0 Å². The van der Waals surface area contributed by atoms with Gasteiger partial charge < -0.3 is 14.9 Å². The molecule has 0 spiro atoms. The van der Waals surface area contributed by atoms with Crippen LogP contribution in [-0.4, -0.2) is 22.3 Å². The zero-order valence-electron chi connectivity index (χ0n) is 16.7. The molecule has 0 bridgehead atoms. The Morgan fingerprint density at radius 3 is 2.74 bits per heavy atom. The molecule has 0 heterocycles. The second-order valence-corrected chi connectivity index (χ2v) is 8.59. The van der Waals surface area contributed by atoms with E-state index in [-0.39, 0.29) is 6.10 Å². The Morgan fingerprint density at radius 1 is 1.22 bits per heavy atom. The third-order valence-corrected chi connectivity index (χ3v) is 6.26. The molecular weight excluding hydrogens is 336 g/mol. The van der Waals surface area contributed by atoms with Crippen molar-refractivity contribution in [1.82, 2.24) is 0 Å². The molecule has 4 unspecified atom stereocenters. The summed E-state index contributed by atoms with van der Waals surface area (Å²) in [5.41, 5.74) is 2.72. The molecule has 0 aromatic heterocycles. The fourth-order valence-corrected chi connectivity index (χ4v) is 4.39. The van der Waals surface area contributed by atoms with Crippen LogP contribution in [-0.2, 0) is 4.74 Å². The van der Waals surface area contributed by atoms with Crippen molar-refractivity contribution >= 4 is 0 Å². The van der Waals surface area contributed by atoms with Gasteiger partial charge in [-0.05, 0) is 81.3 Å². The van der Waals surface area contributed by atoms with Gasteiger partial charge in [-0.15, -0.1) is 0 Å². The van der Waals surface area contributed by atoms with Crippen molar-refractivity contribution in [2.24, 2.45) is 17.8 Å². The summed E-state index contributed by atoms with van der Waals surface area (Å²) in [7, 11) is 0. The topological polar surface area (TPSA) is 49.7 Å².